The third-order valence-corrected chi connectivity index (χ3v) is 6.60. The minimum atomic E-state index is -0.545. The number of para-hydroxylation sites is 2. The number of aliphatic hydroxyl groups is 1. The Morgan fingerprint density at radius 2 is 1.90 bits per heavy atom. The Kier molecular flexibility index (Phi) is 5.16. The Labute approximate surface area is 185 Å². The normalized spacial score (nSPS) is 16.2. The summed E-state index contributed by atoms with van der Waals surface area (Å²) in [5, 5.41) is 11.3. The van der Waals surface area contributed by atoms with E-state index in [1.165, 1.54) is 0 Å². The topological polar surface area (TPSA) is 72.0 Å². The number of hydrogen-bond acceptors (Lipinski definition) is 5. The number of piperidine rings is 1. The summed E-state index contributed by atoms with van der Waals surface area (Å²) < 4.78 is 3.96. The van der Waals surface area contributed by atoms with Crippen molar-refractivity contribution in [3.8, 4) is 11.4 Å². The lowest BCUT2D eigenvalue weighted by atomic mass is 9.90. The summed E-state index contributed by atoms with van der Waals surface area (Å²) in [5.41, 5.74) is 2.88. The van der Waals surface area contributed by atoms with Gasteiger partial charge in [0.15, 0.2) is 0 Å². The second-order valence-corrected chi connectivity index (χ2v) is 8.58. The molecule has 0 saturated carbocycles. The number of nitrogens with zero attached hydrogens (tertiary/aromatic N) is 6. The molecule has 1 atom stereocenters. The van der Waals surface area contributed by atoms with Crippen LogP contribution in [0.15, 0.2) is 48.9 Å². The highest BCUT2D eigenvalue weighted by Gasteiger charge is 2.29. The third kappa shape index (κ3) is 3.58. The number of benzene rings is 1. The van der Waals surface area contributed by atoms with Crippen molar-refractivity contribution in [3.05, 3.63) is 59.8 Å². The fourth-order valence-corrected chi connectivity index (χ4v) is 4.66. The zero-order valence-electron chi connectivity index (χ0n) is 17.6. The van der Waals surface area contributed by atoms with Crippen LogP contribution >= 0.6 is 11.6 Å². The summed E-state index contributed by atoms with van der Waals surface area (Å²) in [6.07, 6.45) is 6.51. The lowest BCUT2D eigenvalue weighted by molar-refractivity contribution is 0.0824. The van der Waals surface area contributed by atoms with E-state index in [0.29, 0.717) is 5.02 Å². The van der Waals surface area contributed by atoms with Crippen LogP contribution in [-0.2, 0) is 14.1 Å². The molecule has 1 saturated heterocycles. The van der Waals surface area contributed by atoms with Gasteiger partial charge in [0.25, 0.3) is 0 Å². The van der Waals surface area contributed by atoms with Crippen LogP contribution in [0.25, 0.3) is 22.4 Å². The molecular formula is C23H25ClN6O. The maximum atomic E-state index is 10.8. The maximum Gasteiger partial charge on any atom is 0.142 e. The van der Waals surface area contributed by atoms with E-state index in [-0.39, 0.29) is 5.92 Å². The molecule has 160 valence electrons. The van der Waals surface area contributed by atoms with Crippen LogP contribution in [0.2, 0.25) is 5.02 Å². The van der Waals surface area contributed by atoms with E-state index in [1.807, 2.05) is 49.1 Å². The molecule has 1 unspecified atom stereocenters. The Morgan fingerprint density at radius 1 is 1.13 bits per heavy atom. The summed E-state index contributed by atoms with van der Waals surface area (Å²) >= 11 is 6.53. The van der Waals surface area contributed by atoms with Crippen molar-refractivity contribution in [2.75, 3.05) is 18.0 Å². The van der Waals surface area contributed by atoms with Gasteiger partial charge in [0.1, 0.15) is 23.6 Å². The van der Waals surface area contributed by atoms with Crippen LogP contribution in [0, 0.1) is 5.92 Å². The number of anilines is 1. The molecule has 31 heavy (non-hydrogen) atoms. The number of aromatic nitrogens is 5. The van der Waals surface area contributed by atoms with Gasteiger partial charge in [-0.1, -0.05) is 23.7 Å². The van der Waals surface area contributed by atoms with Gasteiger partial charge in [0, 0.05) is 51.3 Å². The first kappa shape index (κ1) is 20.0. The second kappa shape index (κ2) is 7.98. The molecule has 4 heterocycles. The monoisotopic (exact) mass is 436 g/mol. The molecule has 0 amide bonds. The number of aliphatic hydroxyl groups excluding tert-OH is 1. The second-order valence-electron chi connectivity index (χ2n) is 8.17. The van der Waals surface area contributed by atoms with Crippen molar-refractivity contribution in [3.63, 3.8) is 0 Å². The van der Waals surface area contributed by atoms with Gasteiger partial charge in [0.2, 0.25) is 0 Å². The van der Waals surface area contributed by atoms with Gasteiger partial charge < -0.3 is 19.1 Å². The summed E-state index contributed by atoms with van der Waals surface area (Å²) in [4.78, 5) is 15.9. The van der Waals surface area contributed by atoms with E-state index >= 15 is 0 Å². The number of hydrogen-bond donors (Lipinski definition) is 1. The van der Waals surface area contributed by atoms with Crippen LogP contribution in [0.5, 0.6) is 0 Å². The molecule has 0 radical (unpaired) electrons. The van der Waals surface area contributed by atoms with Gasteiger partial charge >= 0.3 is 0 Å². The molecule has 1 N–H and O–H groups in total. The number of pyridine rings is 1. The number of aryl methyl sites for hydroxylation is 2. The van der Waals surface area contributed by atoms with E-state index in [0.717, 1.165) is 60.0 Å². The standard InChI is InChI=1S/C23H25ClN6O/c1-28-12-9-25-23(28)21(31)15-7-10-30(11-8-15)20-13-16(17(24)14-26-20)22-27-18-5-3-4-6-19(18)29(22)2/h3-6,9,12-15,21,31H,7-8,10-11H2,1-2H3. The molecule has 1 aliphatic heterocycles. The predicted octanol–water partition coefficient (Wildman–Crippen LogP) is 3.97. The number of fused-ring (bicyclic) bond motifs is 1. The first-order chi connectivity index (χ1) is 15.0. The van der Waals surface area contributed by atoms with E-state index < -0.39 is 6.10 Å². The summed E-state index contributed by atoms with van der Waals surface area (Å²) in [6, 6.07) is 10.1. The molecule has 1 fully saturated rings. The molecule has 4 aromatic rings. The molecule has 0 bridgehead atoms. The smallest absolute Gasteiger partial charge is 0.142 e. The largest absolute Gasteiger partial charge is 0.385 e. The zero-order valence-corrected chi connectivity index (χ0v) is 18.4. The summed E-state index contributed by atoms with van der Waals surface area (Å²) in [7, 11) is 3.92. The number of imidazole rings is 2. The van der Waals surface area contributed by atoms with Crippen molar-refractivity contribution in [2.24, 2.45) is 20.0 Å². The third-order valence-electron chi connectivity index (χ3n) is 6.30. The average Bonchev–Trinajstić information content (AvgIpc) is 3.37. The van der Waals surface area contributed by atoms with Gasteiger partial charge in [0.05, 0.1) is 16.1 Å². The van der Waals surface area contributed by atoms with Crippen molar-refractivity contribution >= 4 is 28.5 Å². The molecule has 8 heteroatoms. The SMILES string of the molecule is Cn1ccnc1C(O)C1CCN(c2cc(-c3nc4ccccc4n3C)c(Cl)cn2)CC1. The number of halogens is 1. The molecule has 3 aromatic heterocycles. The van der Waals surface area contributed by atoms with E-state index in [9.17, 15) is 5.11 Å². The van der Waals surface area contributed by atoms with E-state index in [4.69, 9.17) is 16.6 Å². The first-order valence-corrected chi connectivity index (χ1v) is 10.9. The van der Waals surface area contributed by atoms with Gasteiger partial charge in [-0.25, -0.2) is 15.0 Å². The highest BCUT2D eigenvalue weighted by molar-refractivity contribution is 6.33. The number of rotatable bonds is 4. The predicted molar refractivity (Wildman–Crippen MR) is 122 cm³/mol. The van der Waals surface area contributed by atoms with Gasteiger partial charge in [-0.3, -0.25) is 0 Å². The van der Waals surface area contributed by atoms with Crippen LogP contribution in [0.4, 0.5) is 5.82 Å². The molecule has 7 nitrogen and oxygen atoms in total. The summed E-state index contributed by atoms with van der Waals surface area (Å²) in [5.74, 6) is 2.63. The Balaban J connectivity index is 1.37. The zero-order chi connectivity index (χ0) is 21.5. The quantitative estimate of drug-likeness (QED) is 0.524. The molecule has 5 rings (SSSR count). The van der Waals surface area contributed by atoms with Crippen LogP contribution in [0.1, 0.15) is 24.8 Å². The van der Waals surface area contributed by atoms with Crippen molar-refractivity contribution in [1.29, 1.82) is 0 Å². The van der Waals surface area contributed by atoms with Crippen molar-refractivity contribution in [1.82, 2.24) is 24.1 Å². The molecule has 0 spiro atoms. The molecule has 1 aromatic carbocycles. The fourth-order valence-electron chi connectivity index (χ4n) is 4.48. The Morgan fingerprint density at radius 3 is 2.61 bits per heavy atom. The lowest BCUT2D eigenvalue weighted by Crippen LogP contribution is -2.36. The van der Waals surface area contributed by atoms with Gasteiger partial charge in [-0.2, -0.15) is 0 Å². The van der Waals surface area contributed by atoms with Crippen LogP contribution < -0.4 is 4.90 Å². The molecule has 0 aliphatic carbocycles. The van der Waals surface area contributed by atoms with Crippen LogP contribution in [-0.4, -0.2) is 42.3 Å². The highest BCUT2D eigenvalue weighted by Crippen LogP contribution is 2.35. The first-order valence-electron chi connectivity index (χ1n) is 10.5. The molecular weight excluding hydrogens is 412 g/mol. The van der Waals surface area contributed by atoms with Crippen molar-refractivity contribution < 1.29 is 5.11 Å². The van der Waals surface area contributed by atoms with Gasteiger partial charge in [-0.05, 0) is 37.0 Å². The minimum absolute atomic E-state index is 0.184. The lowest BCUT2D eigenvalue weighted by Gasteiger charge is -2.34. The fraction of sp³-hybridized carbons (Fsp3) is 0.348. The van der Waals surface area contributed by atoms with E-state index in [2.05, 4.69) is 25.5 Å². The van der Waals surface area contributed by atoms with E-state index in [1.54, 1.807) is 12.4 Å². The minimum Gasteiger partial charge on any atom is -0.385 e. The van der Waals surface area contributed by atoms with Crippen molar-refractivity contribution in [2.45, 2.75) is 18.9 Å². The highest BCUT2D eigenvalue weighted by atomic mass is 35.5. The average molecular weight is 437 g/mol. The Bertz CT molecular complexity index is 1220. The maximum absolute atomic E-state index is 10.8. The van der Waals surface area contributed by atoms with Gasteiger partial charge in [-0.15, -0.1) is 0 Å². The molecule has 1 aliphatic rings. The van der Waals surface area contributed by atoms with Crippen LogP contribution in [0.3, 0.4) is 0 Å². The Hall–Kier alpha value is -2.90. The summed E-state index contributed by atoms with van der Waals surface area (Å²) in [6.45, 7) is 1.64.